The molecular formula is C26H41N5Na2O21S. The van der Waals surface area contributed by atoms with Crippen LogP contribution in [0.2, 0.25) is 0 Å². The van der Waals surface area contributed by atoms with Gasteiger partial charge in [-0.2, -0.15) is 12.6 Å². The quantitative estimate of drug-likeness (QED) is 0.0231. The van der Waals surface area contributed by atoms with Crippen LogP contribution in [-0.2, 0) is 47.9 Å². The van der Waals surface area contributed by atoms with E-state index in [2.05, 4.69) is 23.3 Å². The maximum absolute atomic E-state index is 11.5. The van der Waals surface area contributed by atoms with Gasteiger partial charge in [0.15, 0.2) is 6.29 Å². The van der Waals surface area contributed by atoms with Gasteiger partial charge in [0.2, 0.25) is 11.8 Å². The van der Waals surface area contributed by atoms with E-state index in [0.29, 0.717) is 0 Å². The van der Waals surface area contributed by atoms with Crippen LogP contribution in [0.25, 0.3) is 0 Å². The molecule has 6 atom stereocenters. The van der Waals surface area contributed by atoms with Crippen molar-refractivity contribution in [2.75, 3.05) is 51.6 Å². The normalized spacial score (nSPS) is 13.4. The molecule has 0 saturated carbocycles. The van der Waals surface area contributed by atoms with Gasteiger partial charge in [0.05, 0.1) is 31.6 Å². The standard InChI is InChI=1S/C10H17N3O6S.C10H16N2O8.C6H10O7.2Na/c11-5(10(18)19)1-2-7(14)13-6(4-20)9(17)12-3-8(15)16;13-7(14)3-11(4-8(15)16)1-2-12(5-9(17)18)6-10(19)20;7-1-2(8)3(9)4(10)5(11)6(12)13;;/h5-6,20H,1-4,11H2,(H,12,17)(H,13,14)(H,15,16)(H,18,19);1-6H2,(H,13,14)(H,15,16)(H,17,18)(H,19,20);1-5,8-11H,(H,12,13);;/q;;;2*+1/p-2. The molecule has 304 valence electrons. The van der Waals surface area contributed by atoms with Gasteiger partial charge in [-0.3, -0.25) is 43.4 Å². The molecule has 0 spiro atoms. The summed E-state index contributed by atoms with van der Waals surface area (Å²) >= 11 is 3.87. The SMILES string of the molecule is NC(CCC(=O)NC(CS)C(=O)NCC(=O)O)C(=O)O.O=C([O-])CN(CCN(CC(=O)O)CC(=O)O)CC(=O)O.O=CC(O)C(O)C(O)C(O)C(=O)[O-].[Na+].[Na+]. The summed E-state index contributed by atoms with van der Waals surface area (Å²) < 4.78 is 0. The number of hydrogen-bond donors (Lipinski definition) is 13. The Hall–Kier alpha value is -3.03. The van der Waals surface area contributed by atoms with E-state index < -0.39 is 123 Å². The molecule has 0 bridgehead atoms. The predicted molar refractivity (Wildman–Crippen MR) is 167 cm³/mol. The Morgan fingerprint density at radius 3 is 1.49 bits per heavy atom. The van der Waals surface area contributed by atoms with E-state index >= 15 is 0 Å². The fourth-order valence-corrected chi connectivity index (χ4v) is 3.49. The van der Waals surface area contributed by atoms with Gasteiger partial charge in [-0.05, 0) is 6.42 Å². The first kappa shape index (κ1) is 61.2. The van der Waals surface area contributed by atoms with Crippen LogP contribution in [0.3, 0.4) is 0 Å². The number of carboxylic acid groups (broad SMARTS) is 7. The summed E-state index contributed by atoms with van der Waals surface area (Å²) in [5.74, 6) is -10.9. The molecule has 0 radical (unpaired) electrons. The summed E-state index contributed by atoms with van der Waals surface area (Å²) in [5.41, 5.74) is 5.23. The van der Waals surface area contributed by atoms with Crippen LogP contribution in [0.1, 0.15) is 12.8 Å². The number of nitrogens with zero attached hydrogens (tertiary/aromatic N) is 2. The minimum Gasteiger partial charge on any atom is -0.549 e. The second kappa shape index (κ2) is 34.2. The fraction of sp³-hybridized carbons (Fsp3) is 0.615. The third kappa shape index (κ3) is 34.0. The zero-order chi connectivity index (χ0) is 42.0. The number of rotatable bonds is 25. The van der Waals surface area contributed by atoms with Crippen molar-refractivity contribution in [3.8, 4) is 0 Å². The predicted octanol–water partition coefficient (Wildman–Crippen LogP) is -16.2. The van der Waals surface area contributed by atoms with Crippen LogP contribution in [0.4, 0.5) is 0 Å². The van der Waals surface area contributed by atoms with Gasteiger partial charge < -0.3 is 86.9 Å². The number of carbonyl (C=O) groups excluding carboxylic acids is 5. The van der Waals surface area contributed by atoms with E-state index in [1.165, 1.54) is 0 Å². The fourth-order valence-electron chi connectivity index (χ4n) is 3.23. The number of amides is 2. The van der Waals surface area contributed by atoms with Gasteiger partial charge in [0, 0.05) is 31.8 Å². The molecule has 2 amide bonds. The largest absolute Gasteiger partial charge is 1.00 e. The van der Waals surface area contributed by atoms with E-state index in [0.717, 1.165) is 9.80 Å². The Morgan fingerprint density at radius 2 is 1.16 bits per heavy atom. The monoisotopic (exact) mass is 837 g/mol. The maximum Gasteiger partial charge on any atom is 1.00 e. The van der Waals surface area contributed by atoms with Crippen LogP contribution in [0.15, 0.2) is 0 Å². The molecule has 0 saturated heterocycles. The van der Waals surface area contributed by atoms with Gasteiger partial charge in [0.25, 0.3) is 0 Å². The molecular weight excluding hydrogens is 796 g/mol. The Kier molecular flexibility index (Phi) is 38.1. The van der Waals surface area contributed by atoms with Crippen LogP contribution in [0.5, 0.6) is 0 Å². The second-order valence-corrected chi connectivity index (χ2v) is 10.6. The molecule has 0 aromatic heterocycles. The van der Waals surface area contributed by atoms with Gasteiger partial charge in [-0.1, -0.05) is 0 Å². The Bertz CT molecular complexity index is 1200. The topological polar surface area (TPSA) is 455 Å². The number of nitrogens with two attached hydrogens (primary N) is 1. The van der Waals surface area contributed by atoms with Gasteiger partial charge >= 0.3 is 89.0 Å². The smallest absolute Gasteiger partial charge is 0.549 e. The van der Waals surface area contributed by atoms with Crippen LogP contribution in [-0.4, -0.2) is 204 Å². The van der Waals surface area contributed by atoms with Crippen LogP contribution < -0.4 is 85.7 Å². The van der Waals surface area contributed by atoms with Crippen molar-refractivity contribution in [1.29, 1.82) is 0 Å². The molecule has 0 fully saturated rings. The van der Waals surface area contributed by atoms with E-state index in [4.69, 9.17) is 51.7 Å². The number of aliphatic hydroxyl groups excluding tert-OH is 4. The molecule has 0 rings (SSSR count). The number of aliphatic carboxylic acids is 7. The van der Waals surface area contributed by atoms with Crippen molar-refractivity contribution in [3.63, 3.8) is 0 Å². The molecule has 26 nitrogen and oxygen atoms in total. The average Bonchev–Trinajstić information content (AvgIpc) is 3.05. The molecule has 0 aromatic carbocycles. The number of carboxylic acids is 7. The molecule has 0 aliphatic rings. The zero-order valence-electron chi connectivity index (χ0n) is 29.5. The maximum atomic E-state index is 11.5. The van der Waals surface area contributed by atoms with E-state index in [1.54, 1.807) is 0 Å². The third-order valence-electron chi connectivity index (χ3n) is 5.81. The second-order valence-electron chi connectivity index (χ2n) is 10.2. The Morgan fingerprint density at radius 1 is 0.727 bits per heavy atom. The third-order valence-corrected chi connectivity index (χ3v) is 6.18. The number of nitrogens with one attached hydrogen (secondary N) is 2. The van der Waals surface area contributed by atoms with E-state index in [-0.39, 0.29) is 97.1 Å². The number of hydrogen-bond acceptors (Lipinski definition) is 20. The average molecular weight is 838 g/mol. The first-order valence-corrected chi connectivity index (χ1v) is 15.1. The van der Waals surface area contributed by atoms with E-state index in [9.17, 15) is 58.2 Å². The minimum atomic E-state index is -2.36. The van der Waals surface area contributed by atoms with Crippen molar-refractivity contribution in [1.82, 2.24) is 20.4 Å². The molecule has 0 aromatic rings. The molecule has 0 aliphatic heterocycles. The van der Waals surface area contributed by atoms with Crippen molar-refractivity contribution < 1.29 is 163 Å². The summed E-state index contributed by atoms with van der Waals surface area (Å²) in [5, 5.41) is 102. The molecule has 0 heterocycles. The number of carbonyl (C=O) groups is 10. The zero-order valence-corrected chi connectivity index (χ0v) is 34.3. The summed E-state index contributed by atoms with van der Waals surface area (Å²) in [4.78, 5) is 108. The Labute approximate surface area is 360 Å². The summed E-state index contributed by atoms with van der Waals surface area (Å²) in [6.07, 6.45) is -8.89. The van der Waals surface area contributed by atoms with Crippen molar-refractivity contribution in [2.24, 2.45) is 5.73 Å². The first-order chi connectivity index (χ1) is 24.4. The van der Waals surface area contributed by atoms with Gasteiger partial charge in [-0.25, -0.2) is 0 Å². The minimum absolute atomic E-state index is 0. The molecule has 55 heavy (non-hydrogen) atoms. The van der Waals surface area contributed by atoms with E-state index in [1.807, 2.05) is 0 Å². The number of aldehydes is 1. The van der Waals surface area contributed by atoms with Crippen LogP contribution >= 0.6 is 12.6 Å². The summed E-state index contributed by atoms with van der Waals surface area (Å²) in [7, 11) is 0. The van der Waals surface area contributed by atoms with Crippen molar-refractivity contribution in [3.05, 3.63) is 0 Å². The molecule has 13 N–H and O–H groups in total. The van der Waals surface area contributed by atoms with Crippen molar-refractivity contribution in [2.45, 2.75) is 49.3 Å². The molecule has 29 heteroatoms. The summed E-state index contributed by atoms with van der Waals surface area (Å²) in [6, 6.07) is -2.15. The summed E-state index contributed by atoms with van der Waals surface area (Å²) in [6.45, 7) is -3.07. The Balaban J connectivity index is -0.000000229. The van der Waals surface area contributed by atoms with Crippen LogP contribution in [0, 0.1) is 0 Å². The number of aliphatic hydroxyl groups is 4. The van der Waals surface area contributed by atoms with Gasteiger partial charge in [0.1, 0.15) is 43.0 Å². The van der Waals surface area contributed by atoms with Crippen molar-refractivity contribution >= 4 is 72.5 Å². The molecule has 0 aliphatic carbocycles. The number of thiol groups is 1. The first-order valence-electron chi connectivity index (χ1n) is 14.5. The molecule has 6 unspecified atom stereocenters. The van der Waals surface area contributed by atoms with Gasteiger partial charge in [-0.15, -0.1) is 0 Å².